The first-order valence-corrected chi connectivity index (χ1v) is 9.94. The summed E-state index contributed by atoms with van der Waals surface area (Å²) in [6.07, 6.45) is 6.03. The van der Waals surface area contributed by atoms with Crippen molar-refractivity contribution in [3.63, 3.8) is 0 Å². The fraction of sp³-hybridized carbons (Fsp3) is 1.00. The number of hydrogen-bond donors (Lipinski definition) is 0. The van der Waals surface area contributed by atoms with Gasteiger partial charge in [0, 0.05) is 5.38 Å². The van der Waals surface area contributed by atoms with E-state index in [1.54, 1.807) is 0 Å². The second-order valence-corrected chi connectivity index (χ2v) is 12.0. The maximum Gasteiger partial charge on any atom is 0.150 e. The minimum absolute atomic E-state index is 0.382. The van der Waals surface area contributed by atoms with Gasteiger partial charge in [0.15, 0.2) is 0 Å². The van der Waals surface area contributed by atoms with Gasteiger partial charge in [0.25, 0.3) is 0 Å². The van der Waals surface area contributed by atoms with Gasteiger partial charge in [0.1, 0.15) is 7.38 Å². The summed E-state index contributed by atoms with van der Waals surface area (Å²) >= 11 is 12.4. The van der Waals surface area contributed by atoms with Crippen LogP contribution in [0.1, 0.15) is 39.0 Å². The third-order valence-corrected chi connectivity index (χ3v) is 4.71. The van der Waals surface area contributed by atoms with Crippen LogP contribution in [0.25, 0.3) is 0 Å². The van der Waals surface area contributed by atoms with Gasteiger partial charge >= 0.3 is 0 Å². The number of unbranched alkanes of at least 4 members (excludes halogenated alkanes) is 1. The number of alkyl halides is 1. The van der Waals surface area contributed by atoms with Crippen molar-refractivity contribution in [1.29, 1.82) is 0 Å². The van der Waals surface area contributed by atoms with E-state index in [2.05, 4.69) is 20.0 Å². The van der Waals surface area contributed by atoms with Crippen LogP contribution in [0.5, 0.6) is 0 Å². The van der Waals surface area contributed by atoms with Crippen LogP contribution in [0.2, 0.25) is 19.1 Å². The Morgan fingerprint density at radius 3 is 2.15 bits per heavy atom. The zero-order chi connectivity index (χ0) is 10.3. The highest BCUT2D eigenvalue weighted by atomic mass is 35.6. The predicted molar refractivity (Wildman–Crippen MR) is 66.5 cm³/mol. The number of hydrogen-bond acceptors (Lipinski definition) is 0. The molecule has 0 heterocycles. The first kappa shape index (κ1) is 13.8. The number of rotatable bonds is 7. The van der Waals surface area contributed by atoms with Crippen molar-refractivity contribution in [2.75, 3.05) is 0 Å². The Morgan fingerprint density at radius 1 is 1.15 bits per heavy atom. The van der Waals surface area contributed by atoms with Crippen LogP contribution in [0.15, 0.2) is 0 Å². The van der Waals surface area contributed by atoms with E-state index in [4.69, 9.17) is 22.7 Å². The van der Waals surface area contributed by atoms with Crippen molar-refractivity contribution in [3.8, 4) is 0 Å². The van der Waals surface area contributed by atoms with E-state index in [1.165, 1.54) is 31.7 Å². The maximum atomic E-state index is 6.22. The Morgan fingerprint density at radius 2 is 1.69 bits per heavy atom. The smallest absolute Gasteiger partial charge is 0.150 e. The highest BCUT2D eigenvalue weighted by Crippen LogP contribution is 2.21. The molecule has 0 amide bonds. The highest BCUT2D eigenvalue weighted by molar-refractivity contribution is 7.19. The molecule has 0 aromatic heterocycles. The van der Waals surface area contributed by atoms with Gasteiger partial charge in [0.2, 0.25) is 0 Å². The van der Waals surface area contributed by atoms with Gasteiger partial charge in [-0.2, -0.15) is 11.1 Å². The van der Waals surface area contributed by atoms with E-state index in [9.17, 15) is 0 Å². The Labute approximate surface area is 93.7 Å². The highest BCUT2D eigenvalue weighted by Gasteiger charge is 2.16. The SMILES string of the molecule is CCCCC(Cl)CCC[Si](C)(C)Cl. The van der Waals surface area contributed by atoms with Gasteiger partial charge < -0.3 is 0 Å². The molecule has 0 aliphatic rings. The molecule has 3 heteroatoms. The molecule has 0 radical (unpaired) electrons. The van der Waals surface area contributed by atoms with Crippen molar-refractivity contribution in [3.05, 3.63) is 0 Å². The van der Waals surface area contributed by atoms with Crippen molar-refractivity contribution in [1.82, 2.24) is 0 Å². The molecule has 0 N–H and O–H groups in total. The standard InChI is InChI=1S/C10H22Cl2Si/c1-4-5-7-10(11)8-6-9-13(2,3)12/h10H,4-9H2,1-3H3. The van der Waals surface area contributed by atoms with E-state index in [-0.39, 0.29) is 0 Å². The quantitative estimate of drug-likeness (QED) is 0.334. The molecule has 0 aromatic carbocycles. The molecule has 1 atom stereocenters. The van der Waals surface area contributed by atoms with Crippen molar-refractivity contribution in [2.45, 2.75) is 63.5 Å². The summed E-state index contributed by atoms with van der Waals surface area (Å²) in [5, 5.41) is 0.382. The number of halogens is 2. The maximum absolute atomic E-state index is 6.22. The van der Waals surface area contributed by atoms with Gasteiger partial charge in [-0.15, -0.1) is 11.6 Å². The lowest BCUT2D eigenvalue weighted by atomic mass is 10.1. The van der Waals surface area contributed by atoms with E-state index in [0.29, 0.717) is 5.38 Å². The molecule has 0 aliphatic heterocycles. The van der Waals surface area contributed by atoms with E-state index < -0.39 is 7.38 Å². The average molecular weight is 241 g/mol. The first-order chi connectivity index (χ1) is 5.95. The van der Waals surface area contributed by atoms with Gasteiger partial charge in [-0.25, -0.2) is 0 Å². The summed E-state index contributed by atoms with van der Waals surface area (Å²) in [7, 11) is -1.34. The summed E-state index contributed by atoms with van der Waals surface area (Å²) in [5.41, 5.74) is 0. The van der Waals surface area contributed by atoms with Crippen LogP contribution in [-0.2, 0) is 0 Å². The van der Waals surface area contributed by atoms with E-state index >= 15 is 0 Å². The third-order valence-electron chi connectivity index (χ3n) is 2.16. The fourth-order valence-corrected chi connectivity index (χ4v) is 3.07. The van der Waals surface area contributed by atoms with Gasteiger partial charge in [-0.3, -0.25) is 0 Å². The Bertz CT molecular complexity index is 121. The van der Waals surface area contributed by atoms with Crippen LogP contribution >= 0.6 is 22.7 Å². The largest absolute Gasteiger partial charge is 0.168 e. The topological polar surface area (TPSA) is 0 Å². The van der Waals surface area contributed by atoms with Crippen LogP contribution < -0.4 is 0 Å². The fourth-order valence-electron chi connectivity index (χ4n) is 1.31. The Balaban J connectivity index is 3.31. The molecule has 0 rings (SSSR count). The molecule has 0 aromatic rings. The van der Waals surface area contributed by atoms with Crippen molar-refractivity contribution < 1.29 is 0 Å². The molecular weight excluding hydrogens is 219 g/mol. The van der Waals surface area contributed by atoms with Crippen molar-refractivity contribution in [2.24, 2.45) is 0 Å². The third kappa shape index (κ3) is 10.7. The first-order valence-electron chi connectivity index (χ1n) is 5.28. The molecule has 80 valence electrons. The zero-order valence-corrected chi connectivity index (χ0v) is 11.6. The molecule has 13 heavy (non-hydrogen) atoms. The molecular formula is C10H22Cl2Si. The lowest BCUT2D eigenvalue weighted by Gasteiger charge is -2.14. The molecule has 0 nitrogen and oxygen atoms in total. The average Bonchev–Trinajstić information content (AvgIpc) is 1.98. The lowest BCUT2D eigenvalue weighted by molar-refractivity contribution is 0.631. The van der Waals surface area contributed by atoms with Crippen LogP contribution in [0.4, 0.5) is 0 Å². The predicted octanol–water partition coefficient (Wildman–Crippen LogP) is 5.01. The van der Waals surface area contributed by atoms with Gasteiger partial charge in [0.05, 0.1) is 0 Å². The minimum Gasteiger partial charge on any atom is -0.168 e. The summed E-state index contributed by atoms with van der Waals surface area (Å²) in [6.45, 7) is 6.60. The van der Waals surface area contributed by atoms with E-state index in [0.717, 1.165) is 6.42 Å². The van der Waals surface area contributed by atoms with Crippen LogP contribution in [-0.4, -0.2) is 12.8 Å². The van der Waals surface area contributed by atoms with Gasteiger partial charge in [-0.1, -0.05) is 39.3 Å². The lowest BCUT2D eigenvalue weighted by Crippen LogP contribution is -2.15. The van der Waals surface area contributed by atoms with Crippen LogP contribution in [0, 0.1) is 0 Å². The summed E-state index contributed by atoms with van der Waals surface area (Å²) in [6, 6.07) is 1.20. The molecule has 0 fully saturated rings. The summed E-state index contributed by atoms with van der Waals surface area (Å²) in [4.78, 5) is 0. The van der Waals surface area contributed by atoms with E-state index in [1.807, 2.05) is 0 Å². The Hall–Kier alpha value is 0.797. The monoisotopic (exact) mass is 240 g/mol. The van der Waals surface area contributed by atoms with Gasteiger partial charge in [-0.05, 0) is 18.9 Å². The normalized spacial score (nSPS) is 14.5. The zero-order valence-electron chi connectivity index (χ0n) is 9.08. The summed E-state index contributed by atoms with van der Waals surface area (Å²) < 4.78 is 0. The van der Waals surface area contributed by atoms with Crippen molar-refractivity contribution >= 4 is 30.1 Å². The van der Waals surface area contributed by atoms with Crippen LogP contribution in [0.3, 0.4) is 0 Å². The second kappa shape index (κ2) is 7.14. The summed E-state index contributed by atoms with van der Waals surface area (Å²) in [5.74, 6) is 0. The second-order valence-electron chi connectivity index (χ2n) is 4.35. The minimum atomic E-state index is -1.34. The molecule has 0 aliphatic carbocycles. The molecule has 0 saturated carbocycles. The molecule has 0 spiro atoms. The molecule has 0 saturated heterocycles. The molecule has 0 bridgehead atoms. The Kier molecular flexibility index (Phi) is 7.57. The molecule has 1 unspecified atom stereocenters.